The van der Waals surface area contributed by atoms with Gasteiger partial charge in [0, 0.05) is 18.5 Å². The van der Waals surface area contributed by atoms with Crippen molar-refractivity contribution in [2.24, 2.45) is 0 Å². The van der Waals surface area contributed by atoms with Gasteiger partial charge >= 0.3 is 5.97 Å². The third-order valence-corrected chi connectivity index (χ3v) is 3.62. The van der Waals surface area contributed by atoms with Crippen molar-refractivity contribution >= 4 is 11.9 Å². The number of fused-ring (bicyclic) bond motifs is 1. The number of aromatic nitrogens is 1. The van der Waals surface area contributed by atoms with E-state index < -0.39 is 0 Å². The number of benzene rings is 1. The fraction of sp³-hybridized carbons (Fsp3) is 0.235. The number of esters is 1. The zero-order chi connectivity index (χ0) is 15.4. The summed E-state index contributed by atoms with van der Waals surface area (Å²) in [4.78, 5) is 27.9. The van der Waals surface area contributed by atoms with Crippen LogP contribution >= 0.6 is 0 Å². The molecular weight excluding hydrogens is 280 g/mol. The number of nitrogens with zero attached hydrogens (tertiary/aromatic N) is 1. The smallest absolute Gasteiger partial charge is 0.311 e. The van der Waals surface area contributed by atoms with Gasteiger partial charge in [-0.15, -0.1) is 0 Å². The third kappa shape index (κ3) is 3.31. The van der Waals surface area contributed by atoms with Crippen LogP contribution in [0.3, 0.4) is 0 Å². The number of hydrogen-bond donors (Lipinski definition) is 1. The zero-order valence-corrected chi connectivity index (χ0v) is 12.0. The Balaban J connectivity index is 1.63. The van der Waals surface area contributed by atoms with Crippen LogP contribution < -0.4 is 10.1 Å². The fourth-order valence-electron chi connectivity index (χ4n) is 2.56. The Bertz CT molecular complexity index is 685. The van der Waals surface area contributed by atoms with Gasteiger partial charge < -0.3 is 10.1 Å². The lowest BCUT2D eigenvalue weighted by Crippen LogP contribution is -2.28. The molecule has 0 radical (unpaired) electrons. The number of carbonyl (C=O) groups is 2. The first kappa shape index (κ1) is 14.3. The Kier molecular flexibility index (Phi) is 4.14. The Labute approximate surface area is 128 Å². The highest BCUT2D eigenvalue weighted by molar-refractivity contribution is 5.81. The average molecular weight is 296 g/mol. The molecule has 22 heavy (non-hydrogen) atoms. The van der Waals surface area contributed by atoms with Crippen molar-refractivity contribution in [3.63, 3.8) is 0 Å². The monoisotopic (exact) mass is 296 g/mol. The summed E-state index contributed by atoms with van der Waals surface area (Å²) in [5, 5.41) is 2.84. The van der Waals surface area contributed by atoms with Gasteiger partial charge in [-0.1, -0.05) is 24.3 Å². The van der Waals surface area contributed by atoms with Gasteiger partial charge in [-0.3, -0.25) is 14.6 Å². The average Bonchev–Trinajstić information content (AvgIpc) is 2.54. The van der Waals surface area contributed by atoms with Gasteiger partial charge in [-0.05, 0) is 23.8 Å². The predicted octanol–water partition coefficient (Wildman–Crippen LogP) is 2.18. The molecule has 2 heterocycles. The summed E-state index contributed by atoms with van der Waals surface area (Å²) in [5.41, 5.74) is 1.72. The number of nitrogens with one attached hydrogen (secondary N) is 1. The van der Waals surface area contributed by atoms with Crippen LogP contribution in [0.2, 0.25) is 0 Å². The van der Waals surface area contributed by atoms with Gasteiger partial charge in [0.15, 0.2) is 0 Å². The minimum Gasteiger partial charge on any atom is -0.426 e. The third-order valence-electron chi connectivity index (χ3n) is 3.62. The van der Waals surface area contributed by atoms with Crippen LogP contribution in [0.5, 0.6) is 5.75 Å². The molecule has 1 N–H and O–H groups in total. The number of ether oxygens (including phenoxy) is 1. The van der Waals surface area contributed by atoms with Crippen molar-refractivity contribution in [1.82, 2.24) is 10.3 Å². The maximum atomic E-state index is 12.1. The van der Waals surface area contributed by atoms with Gasteiger partial charge in [0.25, 0.3) is 0 Å². The molecule has 0 bridgehead atoms. The summed E-state index contributed by atoms with van der Waals surface area (Å²) in [6.07, 6.45) is 2.18. The molecule has 1 aliphatic heterocycles. The SMILES string of the molecule is O=C(CC1CC(=O)Oc2ccccc21)NCc1ccccn1. The lowest BCUT2D eigenvalue weighted by Gasteiger charge is -2.23. The second-order valence-corrected chi connectivity index (χ2v) is 5.21. The summed E-state index contributed by atoms with van der Waals surface area (Å²) >= 11 is 0. The summed E-state index contributed by atoms with van der Waals surface area (Å²) in [6.45, 7) is 0.387. The molecule has 1 atom stereocenters. The predicted molar refractivity (Wildman–Crippen MR) is 80.1 cm³/mol. The standard InChI is InChI=1S/C17H16N2O3/c20-16(19-11-13-5-3-4-8-18-13)9-12-10-17(21)22-15-7-2-1-6-14(12)15/h1-8,12H,9-11H2,(H,19,20). The molecule has 1 aromatic carbocycles. The molecule has 1 amide bonds. The summed E-state index contributed by atoms with van der Waals surface area (Å²) in [7, 11) is 0. The van der Waals surface area contributed by atoms with Crippen molar-refractivity contribution in [2.45, 2.75) is 25.3 Å². The molecule has 1 aromatic heterocycles. The van der Waals surface area contributed by atoms with Crippen molar-refractivity contribution in [3.05, 3.63) is 59.9 Å². The van der Waals surface area contributed by atoms with Crippen LogP contribution in [0.25, 0.3) is 0 Å². The Morgan fingerprint density at radius 2 is 2.05 bits per heavy atom. The Hall–Kier alpha value is -2.69. The van der Waals surface area contributed by atoms with E-state index in [1.807, 2.05) is 36.4 Å². The maximum Gasteiger partial charge on any atom is 0.311 e. The number of hydrogen-bond acceptors (Lipinski definition) is 4. The molecule has 1 unspecified atom stereocenters. The van der Waals surface area contributed by atoms with Crippen molar-refractivity contribution in [1.29, 1.82) is 0 Å². The first-order valence-corrected chi connectivity index (χ1v) is 7.18. The molecule has 0 fully saturated rings. The van der Waals surface area contributed by atoms with Gasteiger partial charge in [-0.25, -0.2) is 0 Å². The fourth-order valence-corrected chi connectivity index (χ4v) is 2.56. The molecule has 0 spiro atoms. The van der Waals surface area contributed by atoms with E-state index >= 15 is 0 Å². The molecule has 5 heteroatoms. The lowest BCUT2D eigenvalue weighted by atomic mass is 9.89. The van der Waals surface area contributed by atoms with Crippen molar-refractivity contribution < 1.29 is 14.3 Å². The van der Waals surface area contributed by atoms with Crippen LogP contribution in [0.1, 0.15) is 30.0 Å². The molecule has 0 saturated heterocycles. The van der Waals surface area contributed by atoms with Crippen LogP contribution in [0.4, 0.5) is 0 Å². The minimum absolute atomic E-state index is 0.0971. The van der Waals surface area contributed by atoms with E-state index in [2.05, 4.69) is 10.3 Å². The number of pyridine rings is 1. The Morgan fingerprint density at radius 3 is 2.86 bits per heavy atom. The molecule has 1 aliphatic rings. The quantitative estimate of drug-likeness (QED) is 0.693. The molecule has 3 rings (SSSR count). The van der Waals surface area contributed by atoms with Gasteiger partial charge in [0.2, 0.25) is 5.91 Å². The highest BCUT2D eigenvalue weighted by Gasteiger charge is 2.28. The summed E-state index contributed by atoms with van der Waals surface area (Å²) in [5.74, 6) is 0.0313. The van der Waals surface area contributed by atoms with E-state index in [-0.39, 0.29) is 30.6 Å². The zero-order valence-electron chi connectivity index (χ0n) is 12.0. The molecule has 5 nitrogen and oxygen atoms in total. The highest BCUT2D eigenvalue weighted by Crippen LogP contribution is 2.35. The van der Waals surface area contributed by atoms with Gasteiger partial charge in [0.05, 0.1) is 18.7 Å². The van der Waals surface area contributed by atoms with E-state index in [4.69, 9.17) is 4.74 Å². The second kappa shape index (κ2) is 6.39. The molecular formula is C17H16N2O3. The van der Waals surface area contributed by atoms with Gasteiger partial charge in [0.1, 0.15) is 5.75 Å². The van der Waals surface area contributed by atoms with E-state index in [1.54, 1.807) is 12.3 Å². The highest BCUT2D eigenvalue weighted by atomic mass is 16.5. The lowest BCUT2D eigenvalue weighted by molar-refractivity contribution is -0.136. The number of carbonyl (C=O) groups excluding carboxylic acids is 2. The van der Waals surface area contributed by atoms with E-state index in [9.17, 15) is 9.59 Å². The summed E-state index contributed by atoms with van der Waals surface area (Å²) in [6, 6.07) is 12.9. The first-order chi connectivity index (χ1) is 10.7. The van der Waals surface area contributed by atoms with E-state index in [0.29, 0.717) is 12.3 Å². The van der Waals surface area contributed by atoms with Crippen LogP contribution in [-0.4, -0.2) is 16.9 Å². The number of rotatable bonds is 4. The summed E-state index contributed by atoms with van der Waals surface area (Å²) < 4.78 is 5.19. The minimum atomic E-state index is -0.291. The largest absolute Gasteiger partial charge is 0.426 e. The van der Waals surface area contributed by atoms with Crippen LogP contribution in [0.15, 0.2) is 48.7 Å². The van der Waals surface area contributed by atoms with Gasteiger partial charge in [-0.2, -0.15) is 0 Å². The number of para-hydroxylation sites is 1. The normalized spacial score (nSPS) is 16.5. The van der Waals surface area contributed by atoms with Crippen LogP contribution in [0, 0.1) is 0 Å². The molecule has 112 valence electrons. The van der Waals surface area contributed by atoms with Crippen LogP contribution in [-0.2, 0) is 16.1 Å². The second-order valence-electron chi connectivity index (χ2n) is 5.21. The van der Waals surface area contributed by atoms with E-state index in [0.717, 1.165) is 11.3 Å². The Morgan fingerprint density at radius 1 is 1.23 bits per heavy atom. The van der Waals surface area contributed by atoms with E-state index in [1.165, 1.54) is 0 Å². The molecule has 2 aromatic rings. The van der Waals surface area contributed by atoms with Crippen molar-refractivity contribution in [2.75, 3.05) is 0 Å². The molecule has 0 saturated carbocycles. The maximum absolute atomic E-state index is 12.1. The first-order valence-electron chi connectivity index (χ1n) is 7.18. The topological polar surface area (TPSA) is 68.3 Å². The number of amides is 1. The molecule has 0 aliphatic carbocycles. The van der Waals surface area contributed by atoms with Crippen molar-refractivity contribution in [3.8, 4) is 5.75 Å².